The molecule has 0 radical (unpaired) electrons. The van der Waals surface area contributed by atoms with E-state index in [1.165, 1.54) is 12.1 Å². The first-order valence-corrected chi connectivity index (χ1v) is 9.92. The molecule has 6 rings (SSSR count). The molecule has 2 N–H and O–H groups in total. The van der Waals surface area contributed by atoms with E-state index in [0.717, 1.165) is 32.1 Å². The van der Waals surface area contributed by atoms with Gasteiger partial charge in [-0.2, -0.15) is 0 Å². The predicted octanol–water partition coefficient (Wildman–Crippen LogP) is 3.18. The zero-order valence-electron chi connectivity index (χ0n) is 15.9. The SMILES string of the molecule is Cc1c(O)ccc2c(COC(=O)C34C[C@@H]5C[C@@H](CC(O)(C5)C3)C4)cc(=O)oc12. The molecule has 1 aromatic heterocycles. The Bertz CT molecular complexity index is 1020. The molecule has 0 spiro atoms. The molecule has 148 valence electrons. The summed E-state index contributed by atoms with van der Waals surface area (Å²) in [6, 6.07) is 4.54. The number of aromatic hydroxyl groups is 1. The molecule has 28 heavy (non-hydrogen) atoms. The van der Waals surface area contributed by atoms with Crippen molar-refractivity contribution in [1.29, 1.82) is 0 Å². The van der Waals surface area contributed by atoms with Crippen LogP contribution in [0.2, 0.25) is 0 Å². The predicted molar refractivity (Wildman–Crippen MR) is 101 cm³/mol. The van der Waals surface area contributed by atoms with Crippen molar-refractivity contribution >= 4 is 16.9 Å². The van der Waals surface area contributed by atoms with E-state index >= 15 is 0 Å². The third-order valence-electron chi connectivity index (χ3n) is 7.04. The molecule has 2 aromatic rings. The quantitative estimate of drug-likeness (QED) is 0.623. The summed E-state index contributed by atoms with van der Waals surface area (Å²) in [6.07, 6.45) is 4.75. The Morgan fingerprint density at radius 2 is 1.96 bits per heavy atom. The maximum Gasteiger partial charge on any atom is 0.336 e. The summed E-state index contributed by atoms with van der Waals surface area (Å²) in [4.78, 5) is 25.0. The minimum Gasteiger partial charge on any atom is -0.508 e. The Balaban J connectivity index is 1.42. The fourth-order valence-electron chi connectivity index (χ4n) is 6.28. The summed E-state index contributed by atoms with van der Waals surface area (Å²) in [5, 5.41) is 21.4. The van der Waals surface area contributed by atoms with E-state index in [1.54, 1.807) is 13.0 Å². The molecule has 4 saturated carbocycles. The molecular formula is C22H24O6. The average molecular weight is 384 g/mol. The van der Waals surface area contributed by atoms with Crippen molar-refractivity contribution in [2.24, 2.45) is 17.3 Å². The Hall–Kier alpha value is -2.34. The third kappa shape index (κ3) is 2.65. The van der Waals surface area contributed by atoms with E-state index in [-0.39, 0.29) is 18.3 Å². The van der Waals surface area contributed by atoms with Gasteiger partial charge in [-0.05, 0) is 69.4 Å². The number of aliphatic hydroxyl groups is 1. The van der Waals surface area contributed by atoms with Gasteiger partial charge >= 0.3 is 11.6 Å². The molecule has 6 heteroatoms. The van der Waals surface area contributed by atoms with Crippen molar-refractivity contribution in [3.63, 3.8) is 0 Å². The number of ether oxygens (including phenoxy) is 1. The van der Waals surface area contributed by atoms with E-state index in [1.807, 2.05) is 0 Å². The summed E-state index contributed by atoms with van der Waals surface area (Å²) in [6.45, 7) is 1.65. The molecular weight excluding hydrogens is 360 g/mol. The number of esters is 1. The molecule has 4 aliphatic rings. The van der Waals surface area contributed by atoms with Crippen molar-refractivity contribution in [3.05, 3.63) is 39.7 Å². The van der Waals surface area contributed by atoms with Gasteiger partial charge in [0.15, 0.2) is 0 Å². The lowest BCUT2D eigenvalue weighted by Gasteiger charge is -2.58. The van der Waals surface area contributed by atoms with Gasteiger partial charge in [-0.1, -0.05) is 0 Å². The van der Waals surface area contributed by atoms with Crippen LogP contribution in [0.5, 0.6) is 5.75 Å². The minimum absolute atomic E-state index is 0.0271. The molecule has 6 nitrogen and oxygen atoms in total. The maximum atomic E-state index is 13.1. The zero-order chi connectivity index (χ0) is 19.7. The second kappa shape index (κ2) is 5.83. The van der Waals surface area contributed by atoms with Gasteiger partial charge in [0.05, 0.1) is 11.0 Å². The molecule has 4 fully saturated rings. The van der Waals surface area contributed by atoms with E-state index in [2.05, 4.69) is 0 Å². The van der Waals surface area contributed by atoms with Crippen molar-refractivity contribution in [3.8, 4) is 5.75 Å². The Labute approximate surface area is 162 Å². The molecule has 1 heterocycles. The van der Waals surface area contributed by atoms with Crippen LogP contribution in [0.25, 0.3) is 11.0 Å². The number of hydrogen-bond donors (Lipinski definition) is 2. The first-order valence-electron chi connectivity index (χ1n) is 9.92. The van der Waals surface area contributed by atoms with Crippen LogP contribution in [0.3, 0.4) is 0 Å². The number of aryl methyl sites for hydroxylation is 1. The topological polar surface area (TPSA) is 97.0 Å². The van der Waals surface area contributed by atoms with Gasteiger partial charge in [0.25, 0.3) is 0 Å². The van der Waals surface area contributed by atoms with Gasteiger partial charge < -0.3 is 19.4 Å². The Kier molecular flexibility index (Phi) is 3.69. The number of benzene rings is 1. The van der Waals surface area contributed by atoms with Gasteiger partial charge in [0.2, 0.25) is 0 Å². The molecule has 0 amide bonds. The third-order valence-corrected chi connectivity index (χ3v) is 7.04. The fraction of sp³-hybridized carbons (Fsp3) is 0.545. The molecule has 0 aliphatic heterocycles. The van der Waals surface area contributed by atoms with Crippen molar-refractivity contribution in [2.45, 2.75) is 57.7 Å². The number of hydrogen-bond acceptors (Lipinski definition) is 6. The van der Waals surface area contributed by atoms with E-state index in [9.17, 15) is 19.8 Å². The molecule has 0 saturated heterocycles. The van der Waals surface area contributed by atoms with Crippen LogP contribution in [0.4, 0.5) is 0 Å². The highest BCUT2D eigenvalue weighted by Crippen LogP contribution is 2.62. The smallest absolute Gasteiger partial charge is 0.336 e. The highest BCUT2D eigenvalue weighted by atomic mass is 16.5. The second-order valence-electron chi connectivity index (χ2n) is 9.22. The highest BCUT2D eigenvalue weighted by Gasteiger charge is 2.60. The first-order chi connectivity index (χ1) is 13.3. The average Bonchev–Trinajstić information content (AvgIpc) is 2.60. The van der Waals surface area contributed by atoms with Gasteiger partial charge in [-0.15, -0.1) is 0 Å². The molecule has 1 aromatic carbocycles. The molecule has 2 unspecified atom stereocenters. The summed E-state index contributed by atoms with van der Waals surface area (Å²) in [7, 11) is 0. The second-order valence-corrected chi connectivity index (χ2v) is 9.22. The summed E-state index contributed by atoms with van der Waals surface area (Å²) in [5.41, 5.74) is -0.517. The van der Waals surface area contributed by atoms with Crippen LogP contribution < -0.4 is 5.63 Å². The number of rotatable bonds is 3. The lowest BCUT2D eigenvalue weighted by molar-refractivity contribution is -0.197. The van der Waals surface area contributed by atoms with Crippen LogP contribution in [0.1, 0.15) is 49.7 Å². The highest BCUT2D eigenvalue weighted by molar-refractivity contribution is 5.85. The lowest BCUT2D eigenvalue weighted by atomic mass is 9.48. The van der Waals surface area contributed by atoms with E-state index in [4.69, 9.17) is 9.15 Å². The zero-order valence-corrected chi connectivity index (χ0v) is 15.9. The van der Waals surface area contributed by atoms with Crippen LogP contribution in [0.15, 0.2) is 27.4 Å². The molecule has 4 aliphatic carbocycles. The lowest BCUT2D eigenvalue weighted by Crippen LogP contribution is -2.58. The van der Waals surface area contributed by atoms with E-state index in [0.29, 0.717) is 40.4 Å². The van der Waals surface area contributed by atoms with Crippen molar-refractivity contribution in [2.75, 3.05) is 0 Å². The van der Waals surface area contributed by atoms with Gasteiger partial charge in [-0.3, -0.25) is 4.79 Å². The Morgan fingerprint density at radius 3 is 2.64 bits per heavy atom. The fourth-order valence-corrected chi connectivity index (χ4v) is 6.28. The van der Waals surface area contributed by atoms with E-state index < -0.39 is 16.6 Å². The van der Waals surface area contributed by atoms with Crippen LogP contribution >= 0.6 is 0 Å². The summed E-state index contributed by atoms with van der Waals surface area (Å²) >= 11 is 0. The molecule has 4 atom stereocenters. The van der Waals surface area contributed by atoms with Crippen molar-refractivity contribution in [1.82, 2.24) is 0 Å². The largest absolute Gasteiger partial charge is 0.508 e. The molecule has 4 bridgehead atoms. The number of carbonyl (C=O) groups excluding carboxylic acids is 1. The number of phenols is 1. The normalized spacial score (nSPS) is 33.4. The standard InChI is InChI=1S/C22H24O6/c1-12-17(23)3-2-16-15(5-18(24)28-19(12)16)10-27-20(25)21-6-13-4-14(7-21)9-22(26,8-13)11-21/h2-3,5,13-14,23,26H,4,6-11H2,1H3/t13-,14+,21?,22?. The van der Waals surface area contributed by atoms with Gasteiger partial charge in [-0.25, -0.2) is 4.79 Å². The maximum absolute atomic E-state index is 13.1. The summed E-state index contributed by atoms with van der Waals surface area (Å²) < 4.78 is 10.9. The van der Waals surface area contributed by atoms with Crippen LogP contribution in [-0.2, 0) is 16.1 Å². The number of carbonyl (C=O) groups is 1. The van der Waals surface area contributed by atoms with Gasteiger partial charge in [0.1, 0.15) is 17.9 Å². The van der Waals surface area contributed by atoms with Crippen LogP contribution in [-0.4, -0.2) is 21.8 Å². The number of phenolic OH excluding ortho intramolecular Hbond substituents is 1. The van der Waals surface area contributed by atoms with Crippen LogP contribution in [0, 0.1) is 24.2 Å². The Morgan fingerprint density at radius 1 is 1.25 bits per heavy atom. The van der Waals surface area contributed by atoms with Crippen molar-refractivity contribution < 1.29 is 24.2 Å². The minimum atomic E-state index is -0.724. The number of fused-ring (bicyclic) bond motifs is 1. The monoisotopic (exact) mass is 384 g/mol. The first kappa shape index (κ1) is 17.7. The van der Waals surface area contributed by atoms with Gasteiger partial charge in [0, 0.05) is 22.6 Å². The summed E-state index contributed by atoms with van der Waals surface area (Å²) in [5.74, 6) is 0.576.